The van der Waals surface area contributed by atoms with E-state index in [-0.39, 0.29) is 17.8 Å². The molecule has 0 aromatic heterocycles. The highest BCUT2D eigenvalue weighted by Gasteiger charge is 2.16. The van der Waals surface area contributed by atoms with Crippen LogP contribution in [0.1, 0.15) is 11.1 Å². The lowest BCUT2D eigenvalue weighted by Gasteiger charge is -2.06. The molecule has 6 heteroatoms. The van der Waals surface area contributed by atoms with Gasteiger partial charge in [0.15, 0.2) is 0 Å². The first-order chi connectivity index (χ1) is 7.45. The number of carbonyl (C=O) groups is 1. The molecule has 0 heterocycles. The predicted octanol–water partition coefficient (Wildman–Crippen LogP) is 1.20. The fourth-order valence-corrected chi connectivity index (χ4v) is 1.34. The van der Waals surface area contributed by atoms with E-state index in [1.807, 2.05) is 0 Å². The van der Waals surface area contributed by atoms with Crippen molar-refractivity contribution in [1.82, 2.24) is 0 Å². The van der Waals surface area contributed by atoms with Crippen LogP contribution in [0.3, 0.4) is 0 Å². The molecule has 6 nitrogen and oxygen atoms in total. The van der Waals surface area contributed by atoms with Gasteiger partial charge < -0.3 is 10.5 Å². The number of aryl methyl sites for hydroxylation is 1. The van der Waals surface area contributed by atoms with Gasteiger partial charge in [0.05, 0.1) is 18.5 Å². The summed E-state index contributed by atoms with van der Waals surface area (Å²) < 4.78 is 4.50. The standard InChI is InChI=1S/C10H12N2O4/c1-6-3-8(11)9(12(14)15)4-7(6)5-10(13)16-2/h3-4H,5,11H2,1-2H3. The zero-order chi connectivity index (χ0) is 12.3. The van der Waals surface area contributed by atoms with Crippen LogP contribution in [-0.2, 0) is 16.0 Å². The Labute approximate surface area is 92.2 Å². The van der Waals surface area contributed by atoms with Crippen LogP contribution in [0.5, 0.6) is 0 Å². The number of hydrogen-bond acceptors (Lipinski definition) is 5. The van der Waals surface area contributed by atoms with Crippen molar-refractivity contribution in [2.45, 2.75) is 13.3 Å². The number of nitrogen functional groups attached to an aromatic ring is 1. The van der Waals surface area contributed by atoms with Gasteiger partial charge in [-0.3, -0.25) is 14.9 Å². The van der Waals surface area contributed by atoms with Gasteiger partial charge in [0.1, 0.15) is 5.69 Å². The van der Waals surface area contributed by atoms with Crippen LogP contribution in [0.15, 0.2) is 12.1 Å². The highest BCUT2D eigenvalue weighted by atomic mass is 16.6. The van der Waals surface area contributed by atoms with Crippen molar-refractivity contribution in [3.05, 3.63) is 33.4 Å². The summed E-state index contributed by atoms with van der Waals surface area (Å²) >= 11 is 0. The summed E-state index contributed by atoms with van der Waals surface area (Å²) in [5.41, 5.74) is 6.68. The molecule has 1 rings (SSSR count). The summed E-state index contributed by atoms with van der Waals surface area (Å²) in [7, 11) is 1.27. The third kappa shape index (κ3) is 2.47. The molecule has 0 aliphatic carbocycles. The first kappa shape index (κ1) is 12.0. The molecule has 0 bridgehead atoms. The summed E-state index contributed by atoms with van der Waals surface area (Å²) in [6.45, 7) is 1.73. The number of esters is 1. The SMILES string of the molecule is COC(=O)Cc1cc([N+](=O)[O-])c(N)cc1C. The fourth-order valence-electron chi connectivity index (χ4n) is 1.34. The fraction of sp³-hybridized carbons (Fsp3) is 0.300. The second-order valence-electron chi connectivity index (χ2n) is 3.35. The maximum absolute atomic E-state index is 11.1. The van der Waals surface area contributed by atoms with Crippen molar-refractivity contribution in [3.8, 4) is 0 Å². The molecule has 1 aromatic carbocycles. The maximum Gasteiger partial charge on any atom is 0.309 e. The van der Waals surface area contributed by atoms with E-state index < -0.39 is 10.9 Å². The topological polar surface area (TPSA) is 95.5 Å². The van der Waals surface area contributed by atoms with Crippen molar-refractivity contribution >= 4 is 17.3 Å². The minimum Gasteiger partial charge on any atom is -0.469 e. The molecule has 0 aliphatic heterocycles. The van der Waals surface area contributed by atoms with Gasteiger partial charge in [-0.1, -0.05) is 0 Å². The Kier molecular flexibility index (Phi) is 3.44. The Morgan fingerprint density at radius 2 is 2.19 bits per heavy atom. The lowest BCUT2D eigenvalue weighted by molar-refractivity contribution is -0.384. The Hall–Kier alpha value is -2.11. The quantitative estimate of drug-likeness (QED) is 0.360. The number of benzene rings is 1. The first-order valence-corrected chi connectivity index (χ1v) is 4.56. The minimum atomic E-state index is -0.574. The van der Waals surface area contributed by atoms with Gasteiger partial charge in [0, 0.05) is 6.07 Å². The molecule has 0 saturated heterocycles. The van der Waals surface area contributed by atoms with Crippen LogP contribution in [0.4, 0.5) is 11.4 Å². The molecule has 0 fully saturated rings. The molecular weight excluding hydrogens is 212 g/mol. The Morgan fingerprint density at radius 1 is 1.56 bits per heavy atom. The minimum absolute atomic E-state index is 0.00343. The number of hydrogen-bond donors (Lipinski definition) is 1. The van der Waals surface area contributed by atoms with E-state index in [0.717, 1.165) is 5.56 Å². The van der Waals surface area contributed by atoms with E-state index >= 15 is 0 Å². The molecule has 0 saturated carbocycles. The van der Waals surface area contributed by atoms with E-state index in [0.29, 0.717) is 5.56 Å². The van der Waals surface area contributed by atoms with E-state index in [9.17, 15) is 14.9 Å². The molecule has 0 unspecified atom stereocenters. The molecule has 16 heavy (non-hydrogen) atoms. The van der Waals surface area contributed by atoms with Crippen molar-refractivity contribution in [3.63, 3.8) is 0 Å². The molecule has 2 N–H and O–H groups in total. The van der Waals surface area contributed by atoms with Crippen LogP contribution < -0.4 is 5.73 Å². The number of nitro groups is 1. The number of ether oxygens (including phenoxy) is 1. The van der Waals surface area contributed by atoms with Gasteiger partial charge in [-0.25, -0.2) is 0 Å². The third-order valence-corrected chi connectivity index (χ3v) is 2.24. The van der Waals surface area contributed by atoms with Crippen LogP contribution in [0.2, 0.25) is 0 Å². The largest absolute Gasteiger partial charge is 0.469 e. The second kappa shape index (κ2) is 4.61. The first-order valence-electron chi connectivity index (χ1n) is 4.56. The average molecular weight is 224 g/mol. The molecule has 86 valence electrons. The van der Waals surface area contributed by atoms with Gasteiger partial charge in [-0.05, 0) is 24.1 Å². The van der Waals surface area contributed by atoms with Crippen LogP contribution >= 0.6 is 0 Å². The number of anilines is 1. The van der Waals surface area contributed by atoms with E-state index in [2.05, 4.69) is 4.74 Å². The zero-order valence-electron chi connectivity index (χ0n) is 9.02. The lowest BCUT2D eigenvalue weighted by Crippen LogP contribution is -2.07. The maximum atomic E-state index is 11.1. The number of nitrogens with zero attached hydrogens (tertiary/aromatic N) is 1. The van der Waals surface area contributed by atoms with Crippen molar-refractivity contribution in [2.75, 3.05) is 12.8 Å². The highest BCUT2D eigenvalue weighted by molar-refractivity contribution is 5.74. The van der Waals surface area contributed by atoms with Gasteiger partial charge in [-0.15, -0.1) is 0 Å². The van der Waals surface area contributed by atoms with Crippen LogP contribution in [0, 0.1) is 17.0 Å². The molecular formula is C10H12N2O4. The summed E-state index contributed by atoms with van der Waals surface area (Å²) in [6, 6.07) is 2.79. The number of rotatable bonds is 3. The summed E-state index contributed by atoms with van der Waals surface area (Å²) in [4.78, 5) is 21.2. The molecule has 0 spiro atoms. The van der Waals surface area contributed by atoms with Crippen LogP contribution in [0.25, 0.3) is 0 Å². The number of carbonyl (C=O) groups excluding carboxylic acids is 1. The van der Waals surface area contributed by atoms with Gasteiger partial charge in [0.25, 0.3) is 5.69 Å². The van der Waals surface area contributed by atoms with Gasteiger partial charge >= 0.3 is 5.97 Å². The number of nitrogens with two attached hydrogens (primary N) is 1. The summed E-state index contributed by atoms with van der Waals surface area (Å²) in [5.74, 6) is -0.442. The second-order valence-corrected chi connectivity index (χ2v) is 3.35. The van der Waals surface area contributed by atoms with Crippen molar-refractivity contribution in [1.29, 1.82) is 0 Å². The van der Waals surface area contributed by atoms with E-state index in [4.69, 9.17) is 5.73 Å². The predicted molar refractivity (Wildman–Crippen MR) is 58.0 cm³/mol. The third-order valence-electron chi connectivity index (χ3n) is 2.24. The normalized spacial score (nSPS) is 9.88. The molecule has 0 atom stereocenters. The molecule has 0 radical (unpaired) electrons. The number of nitro benzene ring substituents is 1. The van der Waals surface area contributed by atoms with E-state index in [1.165, 1.54) is 19.2 Å². The monoisotopic (exact) mass is 224 g/mol. The van der Waals surface area contributed by atoms with Gasteiger partial charge in [0.2, 0.25) is 0 Å². The van der Waals surface area contributed by atoms with E-state index in [1.54, 1.807) is 6.92 Å². The Bertz CT molecular complexity index is 443. The van der Waals surface area contributed by atoms with Gasteiger partial charge in [-0.2, -0.15) is 0 Å². The lowest BCUT2D eigenvalue weighted by atomic mass is 10.0. The average Bonchev–Trinajstić information content (AvgIpc) is 2.21. The zero-order valence-corrected chi connectivity index (χ0v) is 9.02. The summed E-state index contributed by atoms with van der Waals surface area (Å²) in [6.07, 6.45) is 0.00343. The highest BCUT2D eigenvalue weighted by Crippen LogP contribution is 2.25. The Balaban J connectivity index is 3.14. The Morgan fingerprint density at radius 3 is 2.69 bits per heavy atom. The number of methoxy groups -OCH3 is 1. The van der Waals surface area contributed by atoms with Crippen LogP contribution in [-0.4, -0.2) is 18.0 Å². The molecule has 1 aromatic rings. The van der Waals surface area contributed by atoms with Crippen molar-refractivity contribution in [2.24, 2.45) is 0 Å². The summed E-state index contributed by atoms with van der Waals surface area (Å²) in [5, 5.41) is 10.6. The molecule has 0 amide bonds. The smallest absolute Gasteiger partial charge is 0.309 e. The van der Waals surface area contributed by atoms with Crippen molar-refractivity contribution < 1.29 is 14.5 Å². The molecule has 0 aliphatic rings.